The van der Waals surface area contributed by atoms with Crippen molar-refractivity contribution in [1.82, 2.24) is 0 Å². The van der Waals surface area contributed by atoms with Crippen molar-refractivity contribution in [3.63, 3.8) is 0 Å². The van der Waals surface area contributed by atoms with E-state index in [1.807, 2.05) is 6.08 Å². The predicted octanol–water partition coefficient (Wildman–Crippen LogP) is 6.65. The van der Waals surface area contributed by atoms with Crippen LogP contribution in [0, 0.1) is 35.0 Å². The Hall–Kier alpha value is -0.770. The molecule has 1 nitrogen and oxygen atoms in total. The predicted molar refractivity (Wildman–Crippen MR) is 94.4 cm³/mol. The van der Waals surface area contributed by atoms with Gasteiger partial charge in [0.1, 0.15) is 0 Å². The summed E-state index contributed by atoms with van der Waals surface area (Å²) in [5.74, 6) is 4.08. The number of unbranched alkanes of at least 4 members (excludes halogenated alkanes) is 1. The molecule has 2 fully saturated rings. The summed E-state index contributed by atoms with van der Waals surface area (Å²) in [6, 6.07) is 2.09. The maximum absolute atomic E-state index is 8.51. The monoisotopic (exact) mass is 301 g/mol. The first-order chi connectivity index (χ1) is 10.8. The standard InChI is InChI=1S/C21H35N/c1-2-3-7-18-9-13-20(14-10-18)21-15-11-19(12-16-21)8-5-4-6-17-22/h4,6,18-21H,2-3,5,7-16H2,1H3/t18-,19?,20-,21?. The maximum Gasteiger partial charge on any atom is 0.0908 e. The summed E-state index contributed by atoms with van der Waals surface area (Å²) < 4.78 is 0. The Morgan fingerprint density at radius 1 is 0.864 bits per heavy atom. The van der Waals surface area contributed by atoms with Gasteiger partial charge >= 0.3 is 0 Å². The second kappa shape index (κ2) is 10.1. The first kappa shape index (κ1) is 17.6. The van der Waals surface area contributed by atoms with Gasteiger partial charge in [-0.1, -0.05) is 57.9 Å². The van der Waals surface area contributed by atoms with E-state index in [0.29, 0.717) is 0 Å². The quantitative estimate of drug-likeness (QED) is 0.483. The fraction of sp³-hybridized carbons (Fsp3) is 0.857. The second-order valence-electron chi connectivity index (χ2n) is 7.81. The van der Waals surface area contributed by atoms with Crippen molar-refractivity contribution in [2.24, 2.45) is 23.7 Å². The van der Waals surface area contributed by atoms with Crippen LogP contribution in [0.3, 0.4) is 0 Å². The summed E-state index contributed by atoms with van der Waals surface area (Å²) in [7, 11) is 0. The van der Waals surface area contributed by atoms with Gasteiger partial charge in [-0.3, -0.25) is 0 Å². The van der Waals surface area contributed by atoms with Crippen molar-refractivity contribution in [2.45, 2.75) is 90.4 Å². The molecule has 0 amide bonds. The van der Waals surface area contributed by atoms with E-state index in [1.54, 1.807) is 6.08 Å². The molecule has 0 unspecified atom stereocenters. The van der Waals surface area contributed by atoms with Crippen molar-refractivity contribution in [2.75, 3.05) is 0 Å². The average Bonchev–Trinajstić information content (AvgIpc) is 2.58. The van der Waals surface area contributed by atoms with E-state index in [4.69, 9.17) is 5.26 Å². The van der Waals surface area contributed by atoms with Gasteiger partial charge in [0, 0.05) is 6.08 Å². The minimum absolute atomic E-state index is 0.931. The van der Waals surface area contributed by atoms with E-state index in [9.17, 15) is 0 Å². The van der Waals surface area contributed by atoms with Crippen LogP contribution in [0.25, 0.3) is 0 Å². The third-order valence-electron chi connectivity index (χ3n) is 6.35. The summed E-state index contributed by atoms with van der Waals surface area (Å²) in [6.07, 6.45) is 22.3. The molecule has 124 valence electrons. The SMILES string of the molecule is CCCC[C@H]1CC[C@H](C2CCC(CCC=CC#N)CC2)CC1. The molecule has 0 bridgehead atoms. The summed E-state index contributed by atoms with van der Waals surface area (Å²) in [6.45, 7) is 2.32. The number of hydrogen-bond donors (Lipinski definition) is 0. The van der Waals surface area contributed by atoms with Crippen LogP contribution in [-0.2, 0) is 0 Å². The van der Waals surface area contributed by atoms with Crippen molar-refractivity contribution < 1.29 is 0 Å². The fourth-order valence-corrected chi connectivity index (χ4v) is 4.86. The molecule has 0 spiro atoms. The van der Waals surface area contributed by atoms with Crippen LogP contribution in [0.4, 0.5) is 0 Å². The molecule has 0 heterocycles. The van der Waals surface area contributed by atoms with E-state index >= 15 is 0 Å². The van der Waals surface area contributed by atoms with Crippen LogP contribution in [0.15, 0.2) is 12.2 Å². The highest BCUT2D eigenvalue weighted by atomic mass is 14.4. The smallest absolute Gasteiger partial charge is 0.0908 e. The Bertz CT molecular complexity index is 349. The van der Waals surface area contributed by atoms with E-state index in [2.05, 4.69) is 13.0 Å². The van der Waals surface area contributed by atoms with Crippen LogP contribution in [0.2, 0.25) is 0 Å². The first-order valence-corrected chi connectivity index (χ1v) is 9.88. The summed E-state index contributed by atoms with van der Waals surface area (Å²) >= 11 is 0. The van der Waals surface area contributed by atoms with E-state index in [1.165, 1.54) is 77.0 Å². The summed E-state index contributed by atoms with van der Waals surface area (Å²) in [4.78, 5) is 0. The molecule has 0 aromatic heterocycles. The third-order valence-corrected chi connectivity index (χ3v) is 6.35. The van der Waals surface area contributed by atoms with E-state index in [0.717, 1.165) is 30.1 Å². The minimum atomic E-state index is 0.931. The van der Waals surface area contributed by atoms with Crippen LogP contribution in [0.5, 0.6) is 0 Å². The molecule has 2 rings (SSSR count). The Morgan fingerprint density at radius 2 is 1.41 bits per heavy atom. The molecule has 1 heteroatoms. The molecule has 2 aliphatic rings. The Balaban J connectivity index is 1.61. The molecular formula is C21H35N. The van der Waals surface area contributed by atoms with Crippen LogP contribution in [0.1, 0.15) is 90.4 Å². The lowest BCUT2D eigenvalue weighted by Crippen LogP contribution is -2.25. The number of allylic oxidation sites excluding steroid dienone is 2. The molecule has 2 saturated carbocycles. The highest BCUT2D eigenvalue weighted by Gasteiger charge is 2.30. The van der Waals surface area contributed by atoms with Crippen molar-refractivity contribution >= 4 is 0 Å². The molecule has 0 aromatic carbocycles. The van der Waals surface area contributed by atoms with Gasteiger partial charge < -0.3 is 0 Å². The molecule has 22 heavy (non-hydrogen) atoms. The zero-order valence-corrected chi connectivity index (χ0v) is 14.6. The lowest BCUT2D eigenvalue weighted by atomic mass is 9.68. The topological polar surface area (TPSA) is 23.8 Å². The number of nitriles is 1. The Morgan fingerprint density at radius 3 is 1.91 bits per heavy atom. The Labute approximate surface area is 138 Å². The highest BCUT2D eigenvalue weighted by Crippen LogP contribution is 2.43. The largest absolute Gasteiger partial charge is 0.193 e. The second-order valence-corrected chi connectivity index (χ2v) is 7.81. The molecule has 0 aromatic rings. The van der Waals surface area contributed by atoms with Crippen molar-refractivity contribution in [1.29, 1.82) is 5.26 Å². The molecule has 0 atom stereocenters. The number of rotatable bonds is 7. The highest BCUT2D eigenvalue weighted by molar-refractivity contribution is 5.01. The lowest BCUT2D eigenvalue weighted by molar-refractivity contribution is 0.141. The first-order valence-electron chi connectivity index (χ1n) is 9.88. The van der Waals surface area contributed by atoms with Gasteiger partial charge in [0.2, 0.25) is 0 Å². The Kier molecular flexibility index (Phi) is 8.06. The van der Waals surface area contributed by atoms with Gasteiger partial charge in [0.15, 0.2) is 0 Å². The molecular weight excluding hydrogens is 266 g/mol. The zero-order valence-electron chi connectivity index (χ0n) is 14.6. The van der Waals surface area contributed by atoms with Gasteiger partial charge in [-0.25, -0.2) is 0 Å². The van der Waals surface area contributed by atoms with Gasteiger partial charge in [-0.2, -0.15) is 5.26 Å². The third kappa shape index (κ3) is 5.79. The number of nitrogens with zero attached hydrogens (tertiary/aromatic N) is 1. The van der Waals surface area contributed by atoms with Crippen molar-refractivity contribution in [3.05, 3.63) is 12.2 Å². The average molecular weight is 302 g/mol. The number of hydrogen-bond acceptors (Lipinski definition) is 1. The van der Waals surface area contributed by atoms with Crippen molar-refractivity contribution in [3.8, 4) is 6.07 Å². The molecule has 0 aliphatic heterocycles. The molecule has 0 radical (unpaired) electrons. The van der Waals surface area contributed by atoms with E-state index in [-0.39, 0.29) is 0 Å². The van der Waals surface area contributed by atoms with Crippen LogP contribution in [-0.4, -0.2) is 0 Å². The van der Waals surface area contributed by atoms with Crippen LogP contribution < -0.4 is 0 Å². The van der Waals surface area contributed by atoms with Gasteiger partial charge in [0.25, 0.3) is 0 Å². The molecule has 0 saturated heterocycles. The van der Waals surface area contributed by atoms with Gasteiger partial charge in [-0.05, 0) is 62.2 Å². The normalized spacial score (nSPS) is 32.9. The summed E-state index contributed by atoms with van der Waals surface area (Å²) in [5, 5.41) is 8.51. The van der Waals surface area contributed by atoms with Gasteiger partial charge in [-0.15, -0.1) is 0 Å². The maximum atomic E-state index is 8.51. The van der Waals surface area contributed by atoms with Gasteiger partial charge in [0.05, 0.1) is 6.07 Å². The van der Waals surface area contributed by atoms with E-state index < -0.39 is 0 Å². The minimum Gasteiger partial charge on any atom is -0.193 e. The molecule has 2 aliphatic carbocycles. The van der Waals surface area contributed by atoms with Crippen LogP contribution >= 0.6 is 0 Å². The lowest BCUT2D eigenvalue weighted by Gasteiger charge is -2.38. The summed E-state index contributed by atoms with van der Waals surface area (Å²) in [5.41, 5.74) is 0. The molecule has 0 N–H and O–H groups in total. The zero-order chi connectivity index (χ0) is 15.6. The fourth-order valence-electron chi connectivity index (χ4n) is 4.86.